The molecule has 0 aromatic rings. The van der Waals surface area contributed by atoms with Crippen LogP contribution in [0.3, 0.4) is 0 Å². The van der Waals surface area contributed by atoms with Crippen LogP contribution in [0.2, 0.25) is 0 Å². The molecule has 0 spiro atoms. The maximum absolute atomic E-state index is 3.20. The Labute approximate surface area is 107 Å². The average molecular weight is 246 g/mol. The van der Waals surface area contributed by atoms with Gasteiger partial charge in [-0.15, -0.1) is 0 Å². The summed E-state index contributed by atoms with van der Waals surface area (Å²) in [4.78, 5) is 2.54. The molecule has 0 radical (unpaired) electrons. The summed E-state index contributed by atoms with van der Waals surface area (Å²) in [5.74, 6) is 1.27. The summed E-state index contributed by atoms with van der Waals surface area (Å²) in [6, 6.07) is 0.771. The van der Waals surface area contributed by atoms with Crippen LogP contribution in [0, 0.1) is 0 Å². The van der Waals surface area contributed by atoms with Gasteiger partial charge in [0.2, 0.25) is 0 Å². The van der Waals surface area contributed by atoms with Gasteiger partial charge in [0.25, 0.3) is 0 Å². The van der Waals surface area contributed by atoms with E-state index >= 15 is 0 Å². The Hall–Kier alpha value is 0.270. The van der Waals surface area contributed by atoms with Crippen molar-refractivity contribution in [3.63, 3.8) is 0 Å². The first-order valence-electron chi connectivity index (χ1n) is 6.60. The first-order valence-corrected chi connectivity index (χ1v) is 7.99. The molecule has 0 aliphatic heterocycles. The molecule has 16 heavy (non-hydrogen) atoms. The number of hydrogen-bond donors (Lipinski definition) is 1. The maximum atomic E-state index is 3.20. The van der Waals surface area contributed by atoms with Crippen LogP contribution in [0.15, 0.2) is 0 Å². The molecule has 98 valence electrons. The van der Waals surface area contributed by atoms with E-state index in [0.717, 1.165) is 6.04 Å². The SMILES string of the molecule is CCC(CSC)N(C)CCCCCCNC. The largest absolute Gasteiger partial charge is 0.320 e. The van der Waals surface area contributed by atoms with E-state index in [1.165, 1.54) is 50.9 Å². The van der Waals surface area contributed by atoms with Gasteiger partial charge in [-0.05, 0) is 52.7 Å². The molecule has 2 nitrogen and oxygen atoms in total. The third kappa shape index (κ3) is 8.43. The molecule has 0 saturated carbocycles. The molecule has 0 aromatic heterocycles. The van der Waals surface area contributed by atoms with Crippen LogP contribution in [0.5, 0.6) is 0 Å². The zero-order chi connectivity index (χ0) is 12.2. The van der Waals surface area contributed by atoms with E-state index in [-0.39, 0.29) is 0 Å². The minimum Gasteiger partial charge on any atom is -0.320 e. The first-order chi connectivity index (χ1) is 7.76. The Morgan fingerprint density at radius 2 is 1.88 bits per heavy atom. The second kappa shape index (κ2) is 11.7. The Balaban J connectivity index is 3.43. The minimum absolute atomic E-state index is 0.771. The number of nitrogens with one attached hydrogen (secondary N) is 1. The maximum Gasteiger partial charge on any atom is 0.0180 e. The smallest absolute Gasteiger partial charge is 0.0180 e. The highest BCUT2D eigenvalue weighted by Crippen LogP contribution is 2.10. The van der Waals surface area contributed by atoms with Gasteiger partial charge in [0.1, 0.15) is 0 Å². The van der Waals surface area contributed by atoms with Gasteiger partial charge in [-0.3, -0.25) is 0 Å². The van der Waals surface area contributed by atoms with E-state index in [4.69, 9.17) is 0 Å². The third-order valence-corrected chi connectivity index (χ3v) is 3.86. The Morgan fingerprint density at radius 1 is 1.19 bits per heavy atom. The van der Waals surface area contributed by atoms with E-state index in [9.17, 15) is 0 Å². The summed E-state index contributed by atoms with van der Waals surface area (Å²) in [6.45, 7) is 4.73. The molecule has 0 rings (SSSR count). The van der Waals surface area contributed by atoms with Crippen LogP contribution < -0.4 is 5.32 Å². The monoisotopic (exact) mass is 246 g/mol. The van der Waals surface area contributed by atoms with Crippen molar-refractivity contribution in [2.75, 3.05) is 39.2 Å². The second-order valence-corrected chi connectivity index (χ2v) is 5.43. The van der Waals surface area contributed by atoms with Crippen molar-refractivity contribution in [2.24, 2.45) is 0 Å². The number of rotatable bonds is 11. The van der Waals surface area contributed by atoms with Crippen molar-refractivity contribution in [3.05, 3.63) is 0 Å². The molecule has 0 heterocycles. The van der Waals surface area contributed by atoms with E-state index in [1.807, 2.05) is 18.8 Å². The quantitative estimate of drug-likeness (QED) is 0.564. The number of unbranched alkanes of at least 4 members (excludes halogenated alkanes) is 3. The second-order valence-electron chi connectivity index (χ2n) is 4.52. The van der Waals surface area contributed by atoms with Crippen molar-refractivity contribution in [1.29, 1.82) is 0 Å². The van der Waals surface area contributed by atoms with Crippen molar-refractivity contribution in [3.8, 4) is 0 Å². The fraction of sp³-hybridized carbons (Fsp3) is 1.00. The zero-order valence-corrected chi connectivity index (χ0v) is 12.4. The zero-order valence-electron chi connectivity index (χ0n) is 11.6. The van der Waals surface area contributed by atoms with Gasteiger partial charge in [-0.2, -0.15) is 11.8 Å². The van der Waals surface area contributed by atoms with Crippen molar-refractivity contribution < 1.29 is 0 Å². The number of thioether (sulfide) groups is 1. The third-order valence-electron chi connectivity index (χ3n) is 3.14. The lowest BCUT2D eigenvalue weighted by molar-refractivity contribution is 0.250. The number of hydrogen-bond acceptors (Lipinski definition) is 3. The van der Waals surface area contributed by atoms with E-state index in [1.54, 1.807) is 0 Å². The molecule has 0 aliphatic carbocycles. The standard InChI is InChI=1S/C13H30N2S/c1-5-13(12-16-4)15(3)11-9-7-6-8-10-14-2/h13-14H,5-12H2,1-4H3. The summed E-state index contributed by atoms with van der Waals surface area (Å²) in [5, 5.41) is 3.20. The Morgan fingerprint density at radius 3 is 2.44 bits per heavy atom. The predicted octanol–water partition coefficient (Wildman–Crippen LogP) is 2.84. The lowest BCUT2D eigenvalue weighted by atomic mass is 10.1. The molecule has 0 fully saturated rings. The van der Waals surface area contributed by atoms with E-state index < -0.39 is 0 Å². The normalized spacial score (nSPS) is 13.3. The van der Waals surface area contributed by atoms with Gasteiger partial charge in [-0.25, -0.2) is 0 Å². The molecule has 0 aliphatic rings. The van der Waals surface area contributed by atoms with Crippen LogP contribution in [-0.2, 0) is 0 Å². The Kier molecular flexibility index (Phi) is 11.9. The molecule has 0 aromatic carbocycles. The lowest BCUT2D eigenvalue weighted by Gasteiger charge is -2.26. The van der Waals surface area contributed by atoms with Crippen LogP contribution in [0.1, 0.15) is 39.0 Å². The van der Waals surface area contributed by atoms with Gasteiger partial charge in [0.15, 0.2) is 0 Å². The van der Waals surface area contributed by atoms with Crippen LogP contribution in [0.25, 0.3) is 0 Å². The van der Waals surface area contributed by atoms with E-state index in [2.05, 4.69) is 30.4 Å². The highest BCUT2D eigenvalue weighted by molar-refractivity contribution is 7.98. The van der Waals surface area contributed by atoms with E-state index in [0.29, 0.717) is 0 Å². The Bertz CT molecular complexity index is 142. The summed E-state index contributed by atoms with van der Waals surface area (Å²) in [5.41, 5.74) is 0. The molecular weight excluding hydrogens is 216 g/mol. The van der Waals surface area contributed by atoms with Gasteiger partial charge in [0, 0.05) is 11.8 Å². The fourth-order valence-electron chi connectivity index (χ4n) is 1.95. The molecule has 1 unspecified atom stereocenters. The van der Waals surface area contributed by atoms with Crippen molar-refractivity contribution in [1.82, 2.24) is 10.2 Å². The highest BCUT2D eigenvalue weighted by Gasteiger charge is 2.10. The van der Waals surface area contributed by atoms with Gasteiger partial charge in [-0.1, -0.05) is 19.8 Å². The first kappa shape index (κ1) is 16.3. The molecular formula is C13H30N2S. The fourth-order valence-corrected chi connectivity index (χ4v) is 2.82. The van der Waals surface area contributed by atoms with Gasteiger partial charge < -0.3 is 10.2 Å². The van der Waals surface area contributed by atoms with Crippen molar-refractivity contribution >= 4 is 11.8 Å². The lowest BCUT2D eigenvalue weighted by Crippen LogP contribution is -2.33. The topological polar surface area (TPSA) is 15.3 Å². The minimum atomic E-state index is 0.771. The molecule has 0 amide bonds. The van der Waals surface area contributed by atoms with Gasteiger partial charge in [0.05, 0.1) is 0 Å². The summed E-state index contributed by atoms with van der Waals surface area (Å²) < 4.78 is 0. The molecule has 1 N–H and O–H groups in total. The summed E-state index contributed by atoms with van der Waals surface area (Å²) in [6.07, 6.45) is 8.90. The molecule has 1 atom stereocenters. The van der Waals surface area contributed by atoms with Crippen LogP contribution in [0.4, 0.5) is 0 Å². The van der Waals surface area contributed by atoms with Crippen LogP contribution >= 0.6 is 11.8 Å². The van der Waals surface area contributed by atoms with Crippen molar-refractivity contribution in [2.45, 2.75) is 45.1 Å². The molecule has 0 bridgehead atoms. The van der Waals surface area contributed by atoms with Gasteiger partial charge >= 0.3 is 0 Å². The highest BCUT2D eigenvalue weighted by atomic mass is 32.2. The average Bonchev–Trinajstić information content (AvgIpc) is 2.30. The summed E-state index contributed by atoms with van der Waals surface area (Å²) in [7, 11) is 4.31. The van der Waals surface area contributed by atoms with Crippen LogP contribution in [-0.4, -0.2) is 50.1 Å². The molecule has 3 heteroatoms. The molecule has 0 saturated heterocycles. The summed E-state index contributed by atoms with van der Waals surface area (Å²) >= 11 is 1.96. The predicted molar refractivity (Wildman–Crippen MR) is 77.5 cm³/mol. The number of nitrogens with zero attached hydrogens (tertiary/aromatic N) is 1.